The summed E-state index contributed by atoms with van der Waals surface area (Å²) in [5.74, 6) is -0.578. The van der Waals surface area contributed by atoms with Gasteiger partial charge in [-0.25, -0.2) is 9.37 Å². The SMILES string of the molecule is Cn1nc(C(=O)N2CC(C)(c3ccccc3F)C2)c2nc[nH]c(=O)c21. The second kappa shape index (κ2) is 5.23. The van der Waals surface area contributed by atoms with Gasteiger partial charge in [0.15, 0.2) is 11.2 Å². The highest BCUT2D eigenvalue weighted by Crippen LogP contribution is 2.36. The van der Waals surface area contributed by atoms with Crippen LogP contribution in [0.4, 0.5) is 4.39 Å². The van der Waals surface area contributed by atoms with Gasteiger partial charge in [-0.15, -0.1) is 0 Å². The van der Waals surface area contributed by atoms with Crippen molar-refractivity contribution >= 4 is 16.9 Å². The molecule has 1 fully saturated rings. The van der Waals surface area contributed by atoms with Crippen LogP contribution in [0, 0.1) is 5.82 Å². The summed E-state index contributed by atoms with van der Waals surface area (Å²) in [5, 5.41) is 4.16. The lowest BCUT2D eigenvalue weighted by Crippen LogP contribution is -2.60. The average Bonchev–Trinajstić information content (AvgIpc) is 2.90. The van der Waals surface area contributed by atoms with Gasteiger partial charge in [0, 0.05) is 25.6 Å². The minimum absolute atomic E-state index is 0.138. The van der Waals surface area contributed by atoms with E-state index in [1.54, 1.807) is 30.1 Å². The third-order valence-electron chi connectivity index (χ3n) is 4.72. The molecule has 0 spiro atoms. The number of aromatic nitrogens is 4. The molecular weight excluding hydrogens is 325 g/mol. The topological polar surface area (TPSA) is 83.9 Å². The molecule has 1 saturated heterocycles. The van der Waals surface area contributed by atoms with Crippen LogP contribution in [-0.4, -0.2) is 43.6 Å². The molecule has 3 aromatic rings. The number of halogens is 1. The predicted octanol–water partition coefficient (Wildman–Crippen LogP) is 1.21. The number of carbonyl (C=O) groups excluding carboxylic acids is 1. The zero-order chi connectivity index (χ0) is 17.8. The number of likely N-dealkylation sites (tertiary alicyclic amines) is 1. The van der Waals surface area contributed by atoms with E-state index in [9.17, 15) is 14.0 Å². The van der Waals surface area contributed by atoms with Crippen molar-refractivity contribution in [3.63, 3.8) is 0 Å². The summed E-state index contributed by atoms with van der Waals surface area (Å²) in [6, 6.07) is 6.60. The largest absolute Gasteiger partial charge is 0.335 e. The van der Waals surface area contributed by atoms with Crippen LogP contribution < -0.4 is 5.56 Å². The lowest BCUT2D eigenvalue weighted by molar-refractivity contribution is 0.0420. The summed E-state index contributed by atoms with van der Waals surface area (Å²) in [5.41, 5.74) is 0.479. The van der Waals surface area contributed by atoms with Gasteiger partial charge in [0.25, 0.3) is 11.5 Å². The molecule has 25 heavy (non-hydrogen) atoms. The number of nitrogens with zero attached hydrogens (tertiary/aromatic N) is 4. The van der Waals surface area contributed by atoms with Gasteiger partial charge in [0.1, 0.15) is 11.3 Å². The number of amides is 1. The minimum atomic E-state index is -0.434. The maximum absolute atomic E-state index is 14.0. The van der Waals surface area contributed by atoms with Crippen molar-refractivity contribution in [1.82, 2.24) is 24.6 Å². The van der Waals surface area contributed by atoms with Crippen LogP contribution in [0.3, 0.4) is 0 Å². The Balaban J connectivity index is 1.64. The number of benzene rings is 1. The average molecular weight is 341 g/mol. The third-order valence-corrected chi connectivity index (χ3v) is 4.72. The van der Waals surface area contributed by atoms with E-state index in [-0.39, 0.29) is 34.0 Å². The molecule has 4 rings (SSSR count). The number of H-pyrrole nitrogens is 1. The maximum Gasteiger partial charge on any atom is 0.276 e. The number of nitrogens with one attached hydrogen (secondary N) is 1. The van der Waals surface area contributed by atoms with E-state index in [1.165, 1.54) is 17.1 Å². The van der Waals surface area contributed by atoms with Crippen molar-refractivity contribution in [2.45, 2.75) is 12.3 Å². The zero-order valence-corrected chi connectivity index (χ0v) is 13.8. The molecule has 0 atom stereocenters. The van der Waals surface area contributed by atoms with Crippen molar-refractivity contribution in [1.29, 1.82) is 0 Å². The highest BCUT2D eigenvalue weighted by atomic mass is 19.1. The van der Waals surface area contributed by atoms with Crippen LogP contribution in [0.5, 0.6) is 0 Å². The van der Waals surface area contributed by atoms with E-state index in [2.05, 4.69) is 15.1 Å². The molecule has 1 aromatic carbocycles. The summed E-state index contributed by atoms with van der Waals surface area (Å²) in [7, 11) is 1.59. The van der Waals surface area contributed by atoms with Gasteiger partial charge in [-0.1, -0.05) is 25.1 Å². The third kappa shape index (κ3) is 2.25. The van der Waals surface area contributed by atoms with Crippen molar-refractivity contribution in [2.24, 2.45) is 7.05 Å². The molecule has 7 nitrogen and oxygen atoms in total. The lowest BCUT2D eigenvalue weighted by atomic mass is 9.75. The van der Waals surface area contributed by atoms with E-state index in [4.69, 9.17) is 0 Å². The van der Waals surface area contributed by atoms with E-state index in [0.29, 0.717) is 18.7 Å². The summed E-state index contributed by atoms with van der Waals surface area (Å²) in [6.07, 6.45) is 1.25. The number of rotatable bonds is 2. The molecule has 1 aliphatic heterocycles. The molecular formula is C17H16FN5O2. The Hall–Kier alpha value is -3.03. The normalized spacial score (nSPS) is 16.0. The van der Waals surface area contributed by atoms with Gasteiger partial charge >= 0.3 is 0 Å². The quantitative estimate of drug-likeness (QED) is 0.759. The number of carbonyl (C=O) groups is 1. The summed E-state index contributed by atoms with van der Waals surface area (Å²) >= 11 is 0. The van der Waals surface area contributed by atoms with Crippen LogP contribution in [0.25, 0.3) is 11.0 Å². The van der Waals surface area contributed by atoms with E-state index in [0.717, 1.165) is 0 Å². The first-order valence-electron chi connectivity index (χ1n) is 7.85. The highest BCUT2D eigenvalue weighted by molar-refractivity contribution is 6.03. The van der Waals surface area contributed by atoms with Gasteiger partial charge in [-0.2, -0.15) is 5.10 Å². The Morgan fingerprint density at radius 2 is 2.04 bits per heavy atom. The first-order valence-corrected chi connectivity index (χ1v) is 7.85. The second-order valence-corrected chi connectivity index (χ2v) is 6.60. The number of hydrogen-bond acceptors (Lipinski definition) is 4. The Bertz CT molecular complexity index is 1050. The second-order valence-electron chi connectivity index (χ2n) is 6.60. The van der Waals surface area contributed by atoms with Gasteiger partial charge in [0.05, 0.1) is 6.33 Å². The standard InChI is InChI=1S/C17H16FN5O2/c1-17(10-5-3-4-6-11(10)18)7-23(8-17)16(25)13-12-14(22(2)21-13)15(24)20-9-19-12/h3-6,9H,7-8H2,1-2H3,(H,19,20,24). The van der Waals surface area contributed by atoms with Crippen LogP contribution in [0.1, 0.15) is 23.0 Å². The number of aryl methyl sites for hydroxylation is 1. The Labute approximate surface area is 142 Å². The molecule has 0 aliphatic carbocycles. The molecule has 128 valence electrons. The Morgan fingerprint density at radius 1 is 1.32 bits per heavy atom. The molecule has 0 saturated carbocycles. The van der Waals surface area contributed by atoms with E-state index < -0.39 is 5.41 Å². The first-order chi connectivity index (χ1) is 11.9. The van der Waals surface area contributed by atoms with Crippen molar-refractivity contribution in [3.8, 4) is 0 Å². The molecule has 0 radical (unpaired) electrons. The molecule has 0 unspecified atom stereocenters. The molecule has 0 bridgehead atoms. The van der Waals surface area contributed by atoms with Crippen molar-refractivity contribution in [3.05, 3.63) is 58.0 Å². The van der Waals surface area contributed by atoms with Crippen LogP contribution in [0.2, 0.25) is 0 Å². The molecule has 1 N–H and O–H groups in total. The number of hydrogen-bond donors (Lipinski definition) is 1. The zero-order valence-electron chi connectivity index (χ0n) is 13.8. The van der Waals surface area contributed by atoms with Gasteiger partial charge in [0.2, 0.25) is 0 Å². The fraction of sp³-hybridized carbons (Fsp3) is 0.294. The van der Waals surface area contributed by atoms with Gasteiger partial charge in [-0.05, 0) is 11.6 Å². The van der Waals surface area contributed by atoms with Crippen LogP contribution in [0.15, 0.2) is 35.4 Å². The van der Waals surface area contributed by atoms with E-state index >= 15 is 0 Å². The van der Waals surface area contributed by atoms with E-state index in [1.807, 2.05) is 6.92 Å². The molecule has 2 aromatic heterocycles. The fourth-order valence-electron chi connectivity index (χ4n) is 3.47. The van der Waals surface area contributed by atoms with Crippen LogP contribution in [-0.2, 0) is 12.5 Å². The van der Waals surface area contributed by atoms with Crippen LogP contribution >= 0.6 is 0 Å². The molecule has 8 heteroatoms. The Kier molecular flexibility index (Phi) is 3.24. The minimum Gasteiger partial charge on any atom is -0.335 e. The summed E-state index contributed by atoms with van der Waals surface area (Å²) in [4.78, 5) is 32.8. The highest BCUT2D eigenvalue weighted by Gasteiger charge is 2.45. The van der Waals surface area contributed by atoms with Crippen molar-refractivity contribution < 1.29 is 9.18 Å². The van der Waals surface area contributed by atoms with Gasteiger partial charge in [-0.3, -0.25) is 14.3 Å². The lowest BCUT2D eigenvalue weighted by Gasteiger charge is -2.48. The summed E-state index contributed by atoms with van der Waals surface area (Å²) in [6.45, 7) is 2.69. The maximum atomic E-state index is 14.0. The molecule has 3 heterocycles. The Morgan fingerprint density at radius 3 is 2.76 bits per heavy atom. The fourth-order valence-corrected chi connectivity index (χ4v) is 3.47. The molecule has 1 amide bonds. The smallest absolute Gasteiger partial charge is 0.276 e. The predicted molar refractivity (Wildman–Crippen MR) is 88.8 cm³/mol. The summed E-state index contributed by atoms with van der Waals surface area (Å²) < 4.78 is 15.4. The number of fused-ring (bicyclic) bond motifs is 1. The van der Waals surface area contributed by atoms with Crippen molar-refractivity contribution in [2.75, 3.05) is 13.1 Å². The monoisotopic (exact) mass is 341 g/mol. The number of aromatic amines is 1. The molecule has 1 aliphatic rings. The first kappa shape index (κ1) is 15.5. The van der Waals surface area contributed by atoms with Gasteiger partial charge < -0.3 is 9.88 Å².